The number of hydrogen-bond acceptors (Lipinski definition) is 1. The first-order chi connectivity index (χ1) is 5.66. The van der Waals surface area contributed by atoms with Gasteiger partial charge in [0.05, 0.1) is 0 Å². The minimum atomic E-state index is 0. The minimum absolute atomic E-state index is 0. The third-order valence-electron chi connectivity index (χ3n) is 1.03. The van der Waals surface area contributed by atoms with Gasteiger partial charge < -0.3 is 0 Å². The second kappa shape index (κ2) is 36.2. The molecule has 0 heterocycles. The first-order valence-corrected chi connectivity index (χ1v) is 5.59. The molecule has 0 fully saturated rings. The molecule has 0 nitrogen and oxygen atoms in total. The molecule has 100 valence electrons. The molecule has 0 unspecified atom stereocenters. The molecule has 0 bridgehead atoms. The van der Waals surface area contributed by atoms with Crippen molar-refractivity contribution in [1.29, 1.82) is 0 Å². The summed E-state index contributed by atoms with van der Waals surface area (Å²) in [5.41, 5.74) is 0. The summed E-state index contributed by atoms with van der Waals surface area (Å²) in [6.45, 7) is 14.5. The second-order valence-electron chi connectivity index (χ2n) is 2.49. The van der Waals surface area contributed by atoms with E-state index in [2.05, 4.69) is 20.8 Å². The fourth-order valence-electron chi connectivity index (χ4n) is 0.600. The van der Waals surface area contributed by atoms with E-state index in [4.69, 9.17) is 12.2 Å². The molecule has 0 aliphatic carbocycles. The van der Waals surface area contributed by atoms with Crippen LogP contribution in [0.15, 0.2) is 0 Å². The quantitative estimate of drug-likeness (QED) is 0.551. The Morgan fingerprint density at radius 2 is 1.27 bits per heavy atom. The largest absolute Gasteiger partial charge is 0.0897 e. The second-order valence-corrected chi connectivity index (χ2v) is 3.07. The van der Waals surface area contributed by atoms with E-state index in [9.17, 15) is 0 Å². The third-order valence-corrected chi connectivity index (χ3v) is 1.49. The van der Waals surface area contributed by atoms with E-state index in [1.165, 1.54) is 4.86 Å². The Balaban J connectivity index is -0.0000000260. The summed E-state index contributed by atoms with van der Waals surface area (Å²) in [4.78, 5) is 1.21. The van der Waals surface area contributed by atoms with Crippen LogP contribution >= 0.6 is 12.2 Å². The van der Waals surface area contributed by atoms with Crippen LogP contribution in [-0.2, 0) is 0 Å². The zero-order valence-electron chi connectivity index (χ0n) is 10.3. The summed E-state index contributed by atoms with van der Waals surface area (Å²) in [7, 11) is 0. The minimum Gasteiger partial charge on any atom is -0.0897 e. The van der Waals surface area contributed by atoms with Gasteiger partial charge in [-0.15, -0.1) is 0 Å². The smallest absolute Gasteiger partial charge is 0 e. The first-order valence-electron chi connectivity index (χ1n) is 5.18. The Kier molecular flexibility index (Phi) is 86.7. The van der Waals surface area contributed by atoms with Gasteiger partial charge in [0.15, 0.2) is 0 Å². The number of rotatable bonds is 3. The van der Waals surface area contributed by atoms with Crippen molar-refractivity contribution < 1.29 is 37.7 Å². The van der Waals surface area contributed by atoms with E-state index in [0.717, 1.165) is 18.8 Å². The molecule has 0 rings (SSSR count). The van der Waals surface area contributed by atoms with Crippen LogP contribution in [0.4, 0.5) is 0 Å². The summed E-state index contributed by atoms with van der Waals surface area (Å²) in [5.74, 6) is 0.738. The standard InChI is InChI=1S/C7H14S.2C2H6.2CH4.Ar/c1-4-7(8)5-6(2)3;2*1-2;;;/h6H,4-5H2,1-3H3;2*1-2H3;2*1H4;. The molecule has 0 saturated heterocycles. The van der Waals surface area contributed by atoms with Gasteiger partial charge in [-0.3, -0.25) is 0 Å². The molecule has 0 amide bonds. The van der Waals surface area contributed by atoms with Crippen LogP contribution in [-0.4, -0.2) is 4.86 Å². The fourth-order valence-corrected chi connectivity index (χ4v) is 0.933. The molecule has 0 aromatic carbocycles. The molecule has 15 heavy (non-hydrogen) atoms. The van der Waals surface area contributed by atoms with Crippen LogP contribution in [0, 0.1) is 43.7 Å². The molecule has 2 heteroatoms. The van der Waals surface area contributed by atoms with Crippen LogP contribution in [0.2, 0.25) is 0 Å². The van der Waals surface area contributed by atoms with Gasteiger partial charge in [-0.05, 0) is 23.6 Å². The molecule has 0 aromatic heterocycles. The molecule has 0 N–H and O–H groups in total. The van der Waals surface area contributed by atoms with E-state index >= 15 is 0 Å². The summed E-state index contributed by atoms with van der Waals surface area (Å²) >= 11 is 5.03. The maximum Gasteiger partial charge on any atom is 0 e. The van der Waals surface area contributed by atoms with E-state index in [1.807, 2.05) is 27.7 Å². The molecule has 0 aromatic rings. The molecule has 0 atom stereocenters. The Hall–Kier alpha value is 1.35. The van der Waals surface area contributed by atoms with Gasteiger partial charge >= 0.3 is 0 Å². The van der Waals surface area contributed by atoms with Crippen molar-refractivity contribution in [3.8, 4) is 0 Å². The van der Waals surface area contributed by atoms with E-state index in [0.29, 0.717) is 0 Å². The van der Waals surface area contributed by atoms with Crippen molar-refractivity contribution in [2.75, 3.05) is 0 Å². The van der Waals surface area contributed by atoms with Gasteiger partial charge in [0.25, 0.3) is 0 Å². The zero-order valence-corrected chi connectivity index (χ0v) is 11.8. The van der Waals surface area contributed by atoms with Crippen molar-refractivity contribution in [2.24, 2.45) is 5.92 Å². The van der Waals surface area contributed by atoms with E-state index < -0.39 is 0 Å². The maximum atomic E-state index is 5.03. The molecule has 0 saturated carbocycles. The number of thiocarbonyl (C=S) groups is 1. The average molecular weight is 262 g/mol. The normalized spacial score (nSPS) is 6.13. The Bertz CT molecular complexity index is 80.6. The van der Waals surface area contributed by atoms with Crippen molar-refractivity contribution in [2.45, 2.75) is 76.2 Å². The van der Waals surface area contributed by atoms with Crippen molar-refractivity contribution >= 4 is 17.1 Å². The Morgan fingerprint density at radius 3 is 1.33 bits per heavy atom. The van der Waals surface area contributed by atoms with Crippen molar-refractivity contribution in [1.82, 2.24) is 0 Å². The van der Waals surface area contributed by atoms with Crippen LogP contribution in [0.25, 0.3) is 0 Å². The van der Waals surface area contributed by atoms with Crippen molar-refractivity contribution in [3.05, 3.63) is 0 Å². The van der Waals surface area contributed by atoms with Crippen LogP contribution < -0.4 is 0 Å². The van der Waals surface area contributed by atoms with Crippen LogP contribution in [0.1, 0.15) is 76.2 Å². The monoisotopic (exact) mass is 262 g/mol. The Labute approximate surface area is 136 Å². The predicted octanol–water partition coefficient (Wildman–Crippen LogP) is 6.14. The summed E-state index contributed by atoms with van der Waals surface area (Å²) in [5, 5.41) is 0. The maximum absolute atomic E-state index is 5.03. The molecule has 0 aliphatic rings. The van der Waals surface area contributed by atoms with Crippen molar-refractivity contribution in [3.63, 3.8) is 0 Å². The molecule has 0 radical (unpaired) electrons. The van der Waals surface area contributed by atoms with Gasteiger partial charge in [0, 0.05) is 37.7 Å². The number of hydrogen-bond donors (Lipinski definition) is 0. The van der Waals surface area contributed by atoms with Gasteiger partial charge in [0.1, 0.15) is 0 Å². The SMILES string of the molecule is C.C.CC.CC.CCC(=S)CC(C)C.[Ar]. The first kappa shape index (κ1) is 36.0. The topological polar surface area (TPSA) is 0 Å². The Morgan fingerprint density at radius 1 is 1.00 bits per heavy atom. The summed E-state index contributed by atoms with van der Waals surface area (Å²) in [6.07, 6.45) is 2.18. The molecular weight excluding hydrogens is 228 g/mol. The van der Waals surface area contributed by atoms with E-state index in [-0.39, 0.29) is 52.6 Å². The summed E-state index contributed by atoms with van der Waals surface area (Å²) < 4.78 is 0. The molecule has 0 spiro atoms. The van der Waals surface area contributed by atoms with Gasteiger partial charge in [-0.2, -0.15) is 0 Å². The average Bonchev–Trinajstić information content (AvgIpc) is 2.10. The van der Waals surface area contributed by atoms with Gasteiger partial charge in [-0.1, -0.05) is 75.5 Å². The molecule has 0 aliphatic heterocycles. The molecular formula is C13H34ArS. The fraction of sp³-hybridized carbons (Fsp3) is 0.923. The van der Waals surface area contributed by atoms with Crippen LogP contribution in [0.3, 0.4) is 0 Å². The van der Waals surface area contributed by atoms with Gasteiger partial charge in [0.2, 0.25) is 0 Å². The van der Waals surface area contributed by atoms with E-state index in [1.54, 1.807) is 0 Å². The predicted molar refractivity (Wildman–Crippen MR) is 78.5 cm³/mol. The zero-order chi connectivity index (χ0) is 10.6. The van der Waals surface area contributed by atoms with Crippen LogP contribution in [0.5, 0.6) is 0 Å². The summed E-state index contributed by atoms with van der Waals surface area (Å²) in [6, 6.07) is 0. The van der Waals surface area contributed by atoms with Gasteiger partial charge in [-0.25, -0.2) is 0 Å². The third kappa shape index (κ3) is 50.6.